The molecule has 0 radical (unpaired) electrons. The highest BCUT2D eigenvalue weighted by molar-refractivity contribution is 9.10. The Hall–Kier alpha value is -2.10. The van der Waals surface area contributed by atoms with Gasteiger partial charge in [0.2, 0.25) is 15.9 Å². The van der Waals surface area contributed by atoms with Crippen molar-refractivity contribution in [3.8, 4) is 11.5 Å². The molecule has 0 atom stereocenters. The Morgan fingerprint density at radius 2 is 1.81 bits per heavy atom. The molecular formula is C17H19BrN2O5S. The SMILES string of the molecule is COc1ccc(S(=O)(=O)N(C)CC(=O)Nc2cccc(Br)c2)cc1OC. The summed E-state index contributed by atoms with van der Waals surface area (Å²) in [7, 11) is 0.358. The van der Waals surface area contributed by atoms with Gasteiger partial charge in [0, 0.05) is 23.3 Å². The summed E-state index contributed by atoms with van der Waals surface area (Å²) < 4.78 is 37.4. The summed E-state index contributed by atoms with van der Waals surface area (Å²) in [6.07, 6.45) is 0. The third kappa shape index (κ3) is 4.75. The highest BCUT2D eigenvalue weighted by Gasteiger charge is 2.24. The van der Waals surface area contributed by atoms with Gasteiger partial charge in [0.25, 0.3) is 0 Å². The standard InChI is InChI=1S/C17H19BrN2O5S/c1-20(11-17(21)19-13-6-4-5-12(18)9-13)26(22,23)14-7-8-15(24-2)16(10-14)25-3/h4-10H,11H2,1-3H3,(H,19,21). The van der Waals surface area contributed by atoms with Crippen LogP contribution in [-0.4, -0.2) is 46.4 Å². The molecule has 0 aliphatic rings. The number of benzene rings is 2. The maximum atomic E-state index is 12.7. The number of hydrogen-bond donors (Lipinski definition) is 1. The van der Waals surface area contributed by atoms with Crippen molar-refractivity contribution in [2.24, 2.45) is 0 Å². The molecule has 2 rings (SSSR count). The lowest BCUT2D eigenvalue weighted by molar-refractivity contribution is -0.116. The second-order valence-electron chi connectivity index (χ2n) is 5.34. The largest absolute Gasteiger partial charge is 0.493 e. The number of rotatable bonds is 7. The molecule has 0 saturated heterocycles. The van der Waals surface area contributed by atoms with Crippen LogP contribution in [0.1, 0.15) is 0 Å². The number of anilines is 1. The van der Waals surface area contributed by atoms with Crippen molar-refractivity contribution in [2.45, 2.75) is 4.90 Å². The third-order valence-electron chi connectivity index (χ3n) is 3.54. The summed E-state index contributed by atoms with van der Waals surface area (Å²) in [6.45, 7) is -0.330. The Labute approximate surface area is 161 Å². The lowest BCUT2D eigenvalue weighted by atomic mass is 10.3. The van der Waals surface area contributed by atoms with Gasteiger partial charge in [-0.3, -0.25) is 4.79 Å². The van der Waals surface area contributed by atoms with Crippen molar-refractivity contribution in [1.82, 2.24) is 4.31 Å². The first kappa shape index (κ1) is 20.2. The minimum absolute atomic E-state index is 0.00732. The van der Waals surface area contributed by atoms with Crippen LogP contribution in [0.25, 0.3) is 0 Å². The number of sulfonamides is 1. The van der Waals surface area contributed by atoms with E-state index in [0.717, 1.165) is 8.78 Å². The molecule has 0 aliphatic carbocycles. The van der Waals surface area contributed by atoms with E-state index >= 15 is 0 Å². The van der Waals surface area contributed by atoms with Crippen molar-refractivity contribution < 1.29 is 22.7 Å². The number of halogens is 1. The van der Waals surface area contributed by atoms with Gasteiger partial charge in [-0.05, 0) is 30.3 Å². The number of ether oxygens (including phenoxy) is 2. The normalized spacial score (nSPS) is 11.3. The van der Waals surface area contributed by atoms with Gasteiger partial charge in [0.1, 0.15) is 0 Å². The van der Waals surface area contributed by atoms with Crippen LogP contribution < -0.4 is 14.8 Å². The number of nitrogens with zero attached hydrogens (tertiary/aromatic N) is 1. The van der Waals surface area contributed by atoms with Crippen LogP contribution in [0.5, 0.6) is 11.5 Å². The van der Waals surface area contributed by atoms with Gasteiger partial charge in [0.05, 0.1) is 25.7 Å². The summed E-state index contributed by atoms with van der Waals surface area (Å²) in [5, 5.41) is 2.66. The van der Waals surface area contributed by atoms with Crippen molar-refractivity contribution in [3.05, 3.63) is 46.9 Å². The highest BCUT2D eigenvalue weighted by Crippen LogP contribution is 2.30. The van der Waals surface area contributed by atoms with E-state index in [2.05, 4.69) is 21.2 Å². The number of nitrogens with one attached hydrogen (secondary N) is 1. The first-order valence-corrected chi connectivity index (χ1v) is 9.75. The van der Waals surface area contributed by atoms with Crippen LogP contribution in [0.15, 0.2) is 51.8 Å². The van der Waals surface area contributed by atoms with Crippen LogP contribution in [-0.2, 0) is 14.8 Å². The molecule has 0 aromatic heterocycles. The molecule has 1 amide bonds. The quantitative estimate of drug-likeness (QED) is 0.712. The van der Waals surface area contributed by atoms with Gasteiger partial charge in [-0.1, -0.05) is 22.0 Å². The fraction of sp³-hybridized carbons (Fsp3) is 0.235. The van der Waals surface area contributed by atoms with Gasteiger partial charge in [0.15, 0.2) is 11.5 Å². The van der Waals surface area contributed by atoms with Crippen LogP contribution in [0, 0.1) is 0 Å². The van der Waals surface area contributed by atoms with Crippen LogP contribution >= 0.6 is 15.9 Å². The Morgan fingerprint density at radius 1 is 1.12 bits per heavy atom. The summed E-state index contributed by atoms with van der Waals surface area (Å²) in [6, 6.07) is 11.3. The zero-order valence-electron chi connectivity index (χ0n) is 14.5. The fourth-order valence-corrected chi connectivity index (χ4v) is 3.75. The highest BCUT2D eigenvalue weighted by atomic mass is 79.9. The van der Waals surface area contributed by atoms with Crippen LogP contribution in [0.4, 0.5) is 5.69 Å². The molecule has 9 heteroatoms. The topological polar surface area (TPSA) is 84.9 Å². The van der Waals surface area contributed by atoms with Gasteiger partial charge >= 0.3 is 0 Å². The van der Waals surface area contributed by atoms with E-state index in [1.54, 1.807) is 18.2 Å². The minimum Gasteiger partial charge on any atom is -0.493 e. The van der Waals surface area contributed by atoms with E-state index in [1.807, 2.05) is 6.07 Å². The van der Waals surface area contributed by atoms with Crippen LogP contribution in [0.2, 0.25) is 0 Å². The summed E-state index contributed by atoms with van der Waals surface area (Å²) in [4.78, 5) is 12.2. The lowest BCUT2D eigenvalue weighted by Gasteiger charge is -2.18. The minimum atomic E-state index is -3.86. The monoisotopic (exact) mass is 442 g/mol. The number of hydrogen-bond acceptors (Lipinski definition) is 5. The van der Waals surface area contributed by atoms with Gasteiger partial charge in [-0.2, -0.15) is 4.31 Å². The Balaban J connectivity index is 2.14. The van der Waals surface area contributed by atoms with Crippen molar-refractivity contribution in [1.29, 1.82) is 0 Å². The number of carbonyl (C=O) groups is 1. The van der Waals surface area contributed by atoms with E-state index in [-0.39, 0.29) is 11.4 Å². The maximum Gasteiger partial charge on any atom is 0.243 e. The van der Waals surface area contributed by atoms with Crippen molar-refractivity contribution in [2.75, 3.05) is 33.1 Å². The molecule has 2 aromatic rings. The summed E-state index contributed by atoms with van der Waals surface area (Å²) in [5.41, 5.74) is 0.571. The number of methoxy groups -OCH3 is 2. The predicted octanol–water partition coefficient (Wildman–Crippen LogP) is 2.73. The molecule has 0 spiro atoms. The molecule has 2 aromatic carbocycles. The molecule has 140 valence electrons. The molecule has 1 N–H and O–H groups in total. The van der Waals surface area contributed by atoms with Gasteiger partial charge < -0.3 is 14.8 Å². The second kappa shape index (κ2) is 8.52. The van der Waals surface area contributed by atoms with E-state index < -0.39 is 15.9 Å². The predicted molar refractivity (Wildman–Crippen MR) is 102 cm³/mol. The molecule has 0 heterocycles. The first-order chi connectivity index (χ1) is 12.3. The molecule has 0 fully saturated rings. The van der Waals surface area contributed by atoms with Gasteiger partial charge in [-0.25, -0.2) is 8.42 Å². The average molecular weight is 443 g/mol. The zero-order chi connectivity index (χ0) is 19.3. The average Bonchev–Trinajstić information content (AvgIpc) is 2.60. The third-order valence-corrected chi connectivity index (χ3v) is 5.83. The molecule has 0 saturated carbocycles. The summed E-state index contributed by atoms with van der Waals surface area (Å²) in [5.74, 6) is 0.261. The van der Waals surface area contributed by atoms with E-state index in [1.165, 1.54) is 39.5 Å². The zero-order valence-corrected chi connectivity index (χ0v) is 16.9. The van der Waals surface area contributed by atoms with E-state index in [0.29, 0.717) is 17.2 Å². The molecule has 0 bridgehead atoms. The smallest absolute Gasteiger partial charge is 0.243 e. The fourth-order valence-electron chi connectivity index (χ4n) is 2.21. The van der Waals surface area contributed by atoms with Crippen LogP contribution in [0.3, 0.4) is 0 Å². The van der Waals surface area contributed by atoms with E-state index in [4.69, 9.17) is 9.47 Å². The van der Waals surface area contributed by atoms with Crippen molar-refractivity contribution in [3.63, 3.8) is 0 Å². The molecule has 26 heavy (non-hydrogen) atoms. The van der Waals surface area contributed by atoms with Crippen molar-refractivity contribution >= 4 is 37.5 Å². The number of likely N-dealkylation sites (N-methyl/N-ethyl adjacent to an activating group) is 1. The molecule has 0 unspecified atom stereocenters. The Morgan fingerprint density at radius 3 is 2.42 bits per heavy atom. The molecule has 7 nitrogen and oxygen atoms in total. The maximum absolute atomic E-state index is 12.7. The Bertz CT molecular complexity index is 902. The summed E-state index contributed by atoms with van der Waals surface area (Å²) >= 11 is 3.31. The number of amides is 1. The lowest BCUT2D eigenvalue weighted by Crippen LogP contribution is -2.35. The first-order valence-electron chi connectivity index (χ1n) is 7.51. The number of carbonyl (C=O) groups excluding carboxylic acids is 1. The van der Waals surface area contributed by atoms with Gasteiger partial charge in [-0.15, -0.1) is 0 Å². The molecule has 0 aliphatic heterocycles. The molecular weight excluding hydrogens is 424 g/mol. The Kier molecular flexibility index (Phi) is 6.63. The second-order valence-corrected chi connectivity index (χ2v) is 8.30. The van der Waals surface area contributed by atoms with E-state index in [9.17, 15) is 13.2 Å².